The average molecular weight is 212 g/mol. The zero-order valence-electron chi connectivity index (χ0n) is 8.03. The maximum atomic E-state index is 11.2. The Balaban J connectivity index is 3.26. The summed E-state index contributed by atoms with van der Waals surface area (Å²) in [5.74, 6) is -0.526. The number of aromatic nitrogens is 2. The summed E-state index contributed by atoms with van der Waals surface area (Å²) in [6, 6.07) is 0. The zero-order chi connectivity index (χ0) is 11.6. The Morgan fingerprint density at radius 2 is 2.20 bits per heavy atom. The molecule has 8 heteroatoms. The summed E-state index contributed by atoms with van der Waals surface area (Å²) in [4.78, 5) is 37.2. The molecule has 1 aromatic rings. The highest BCUT2D eigenvalue weighted by molar-refractivity contribution is 5.86. The second-order valence-electron chi connectivity index (χ2n) is 2.80. The summed E-state index contributed by atoms with van der Waals surface area (Å²) in [6.45, 7) is 2.59. The lowest BCUT2D eigenvalue weighted by molar-refractivity contribution is -0.387. The van der Waals surface area contributed by atoms with E-state index in [1.807, 2.05) is 0 Å². The van der Waals surface area contributed by atoms with Gasteiger partial charge in [-0.05, 0) is 6.92 Å². The van der Waals surface area contributed by atoms with Gasteiger partial charge in [0.25, 0.3) is 0 Å². The highest BCUT2D eigenvalue weighted by Gasteiger charge is 2.18. The largest absolute Gasteiger partial charge is 0.354 e. The number of nitrogens with one attached hydrogen (secondary N) is 2. The van der Waals surface area contributed by atoms with Crippen LogP contribution in [0, 0.1) is 17.0 Å². The van der Waals surface area contributed by atoms with Crippen LogP contribution in [0.4, 0.5) is 11.6 Å². The zero-order valence-corrected chi connectivity index (χ0v) is 8.03. The van der Waals surface area contributed by atoms with Crippen LogP contribution in [0.15, 0.2) is 4.79 Å². The first-order valence-electron chi connectivity index (χ1n) is 3.94. The van der Waals surface area contributed by atoms with Gasteiger partial charge in [0.2, 0.25) is 11.9 Å². The maximum absolute atomic E-state index is 11.2. The van der Waals surface area contributed by atoms with Crippen molar-refractivity contribution in [2.24, 2.45) is 0 Å². The minimum Gasteiger partial charge on any atom is -0.323 e. The number of anilines is 1. The molecule has 1 heterocycles. The van der Waals surface area contributed by atoms with Gasteiger partial charge in [0.05, 0.1) is 10.6 Å². The van der Waals surface area contributed by atoms with Crippen LogP contribution in [0.5, 0.6) is 0 Å². The van der Waals surface area contributed by atoms with Gasteiger partial charge in [-0.3, -0.25) is 25.0 Å². The number of amides is 1. The standard InChI is InChI=1S/C7H8N4O4/c1-3-5(11(14)15)6(13)10-7(8-3)9-4(2)12/h1-2H3,(H2,8,9,10,12,13). The van der Waals surface area contributed by atoms with E-state index in [1.165, 1.54) is 13.8 Å². The van der Waals surface area contributed by atoms with Crippen LogP contribution in [0.1, 0.15) is 12.6 Å². The van der Waals surface area contributed by atoms with E-state index in [0.29, 0.717) is 0 Å². The molecule has 0 spiro atoms. The third-order valence-corrected chi connectivity index (χ3v) is 1.55. The quantitative estimate of drug-likeness (QED) is 0.526. The molecule has 0 unspecified atom stereocenters. The predicted molar refractivity (Wildman–Crippen MR) is 50.6 cm³/mol. The van der Waals surface area contributed by atoms with E-state index >= 15 is 0 Å². The second kappa shape index (κ2) is 3.86. The molecule has 0 aromatic carbocycles. The van der Waals surface area contributed by atoms with Crippen molar-refractivity contribution in [3.8, 4) is 0 Å². The van der Waals surface area contributed by atoms with Crippen molar-refractivity contribution < 1.29 is 9.72 Å². The SMILES string of the molecule is CC(=O)Nc1nc(=O)c([N+](=O)[O-])c(C)[nH]1. The topological polar surface area (TPSA) is 118 Å². The molecule has 1 aromatic heterocycles. The van der Waals surface area contributed by atoms with Crippen molar-refractivity contribution in [2.45, 2.75) is 13.8 Å². The molecule has 0 fully saturated rings. The van der Waals surface area contributed by atoms with E-state index in [4.69, 9.17) is 0 Å². The van der Waals surface area contributed by atoms with Gasteiger partial charge in [-0.15, -0.1) is 0 Å². The highest BCUT2D eigenvalue weighted by atomic mass is 16.6. The maximum Gasteiger partial charge on any atom is 0.354 e. The van der Waals surface area contributed by atoms with E-state index in [-0.39, 0.29) is 11.6 Å². The minimum absolute atomic E-state index is 0.0451. The molecular weight excluding hydrogens is 204 g/mol. The molecule has 8 nitrogen and oxygen atoms in total. The average Bonchev–Trinajstić information content (AvgIpc) is 1.99. The lowest BCUT2D eigenvalue weighted by Crippen LogP contribution is -2.19. The summed E-state index contributed by atoms with van der Waals surface area (Å²) in [5, 5.41) is 12.7. The molecule has 0 saturated heterocycles. The van der Waals surface area contributed by atoms with E-state index < -0.39 is 22.1 Å². The molecule has 80 valence electrons. The summed E-state index contributed by atoms with van der Waals surface area (Å²) >= 11 is 0. The van der Waals surface area contributed by atoms with Crippen LogP contribution >= 0.6 is 0 Å². The van der Waals surface area contributed by atoms with Gasteiger partial charge in [0.1, 0.15) is 0 Å². The van der Waals surface area contributed by atoms with E-state index in [1.54, 1.807) is 0 Å². The van der Waals surface area contributed by atoms with Gasteiger partial charge in [0.15, 0.2) is 0 Å². The summed E-state index contributed by atoms with van der Waals surface area (Å²) < 4.78 is 0. The van der Waals surface area contributed by atoms with Gasteiger partial charge in [-0.2, -0.15) is 4.98 Å². The third-order valence-electron chi connectivity index (χ3n) is 1.55. The number of nitrogens with zero attached hydrogens (tertiary/aromatic N) is 2. The first-order valence-corrected chi connectivity index (χ1v) is 3.94. The number of hydrogen-bond donors (Lipinski definition) is 2. The summed E-state index contributed by atoms with van der Waals surface area (Å²) in [6.07, 6.45) is 0. The Bertz CT molecular complexity index is 478. The molecule has 0 aliphatic carbocycles. The summed E-state index contributed by atoms with van der Waals surface area (Å²) in [5.41, 5.74) is -1.56. The van der Waals surface area contributed by atoms with Gasteiger partial charge >= 0.3 is 11.2 Å². The van der Waals surface area contributed by atoms with Gasteiger partial charge in [-0.1, -0.05) is 0 Å². The van der Waals surface area contributed by atoms with E-state index in [0.717, 1.165) is 0 Å². The Kier molecular flexibility index (Phi) is 2.79. The van der Waals surface area contributed by atoms with Gasteiger partial charge in [0, 0.05) is 6.92 Å². The number of nitro groups is 1. The Morgan fingerprint density at radius 3 is 2.60 bits per heavy atom. The molecule has 0 bridgehead atoms. The lowest BCUT2D eigenvalue weighted by Gasteiger charge is -2.01. The number of H-pyrrole nitrogens is 1. The van der Waals surface area contributed by atoms with Gasteiger partial charge < -0.3 is 4.98 Å². The molecule has 1 amide bonds. The summed E-state index contributed by atoms with van der Waals surface area (Å²) in [7, 11) is 0. The van der Waals surface area contributed by atoms with Crippen molar-refractivity contribution in [3.05, 3.63) is 26.2 Å². The third kappa shape index (κ3) is 2.36. The fourth-order valence-electron chi connectivity index (χ4n) is 1.02. The van der Waals surface area contributed by atoms with Crippen molar-refractivity contribution in [2.75, 3.05) is 5.32 Å². The molecule has 15 heavy (non-hydrogen) atoms. The molecule has 0 aliphatic rings. The Hall–Kier alpha value is -2.25. The molecular formula is C7H8N4O4. The van der Waals surface area contributed by atoms with Crippen LogP contribution in [0.2, 0.25) is 0 Å². The molecule has 0 atom stereocenters. The smallest absolute Gasteiger partial charge is 0.323 e. The number of hydrogen-bond acceptors (Lipinski definition) is 5. The van der Waals surface area contributed by atoms with Crippen molar-refractivity contribution in [3.63, 3.8) is 0 Å². The van der Waals surface area contributed by atoms with Crippen LogP contribution in [-0.2, 0) is 4.79 Å². The molecule has 0 radical (unpaired) electrons. The molecule has 0 aliphatic heterocycles. The van der Waals surface area contributed by atoms with Gasteiger partial charge in [-0.25, -0.2) is 0 Å². The molecule has 0 saturated carbocycles. The highest BCUT2D eigenvalue weighted by Crippen LogP contribution is 2.09. The first kappa shape index (κ1) is 10.8. The normalized spacial score (nSPS) is 9.73. The van der Waals surface area contributed by atoms with Crippen LogP contribution in [-0.4, -0.2) is 20.8 Å². The number of rotatable bonds is 2. The number of carbonyl (C=O) groups is 1. The van der Waals surface area contributed by atoms with Crippen molar-refractivity contribution in [1.82, 2.24) is 9.97 Å². The van der Waals surface area contributed by atoms with Crippen molar-refractivity contribution >= 4 is 17.5 Å². The Morgan fingerprint density at radius 1 is 1.60 bits per heavy atom. The lowest BCUT2D eigenvalue weighted by atomic mass is 10.4. The molecule has 2 N–H and O–H groups in total. The number of aromatic amines is 1. The molecule has 1 rings (SSSR count). The van der Waals surface area contributed by atoms with E-state index in [2.05, 4.69) is 15.3 Å². The fraction of sp³-hybridized carbons (Fsp3) is 0.286. The monoisotopic (exact) mass is 212 g/mol. The minimum atomic E-state index is -0.986. The first-order chi connectivity index (χ1) is 6.91. The van der Waals surface area contributed by atoms with Crippen LogP contribution in [0.3, 0.4) is 0 Å². The predicted octanol–water partition coefficient (Wildman–Crippen LogP) is -0.0551. The second-order valence-corrected chi connectivity index (χ2v) is 2.80. The number of aryl methyl sites for hydroxylation is 1. The van der Waals surface area contributed by atoms with Crippen LogP contribution < -0.4 is 10.9 Å². The van der Waals surface area contributed by atoms with Crippen molar-refractivity contribution in [1.29, 1.82) is 0 Å². The fourth-order valence-corrected chi connectivity index (χ4v) is 1.02. The number of carbonyl (C=O) groups excluding carboxylic acids is 1. The Labute approximate surface area is 83.5 Å². The van der Waals surface area contributed by atoms with E-state index in [9.17, 15) is 19.7 Å². The van der Waals surface area contributed by atoms with Crippen LogP contribution in [0.25, 0.3) is 0 Å².